The summed E-state index contributed by atoms with van der Waals surface area (Å²) in [5.74, 6) is 0. The van der Waals surface area contributed by atoms with E-state index in [2.05, 4.69) is 21.1 Å². The monoisotopic (exact) mass is 238 g/mol. The number of rotatable bonds is 3. The fourth-order valence-electron chi connectivity index (χ4n) is 2.04. The number of aryl methyl sites for hydroxylation is 3. The summed E-state index contributed by atoms with van der Waals surface area (Å²) < 4.78 is 2.05. The van der Waals surface area contributed by atoms with Crippen LogP contribution in [0.1, 0.15) is 17.0 Å². The minimum atomic E-state index is 0.913. The highest BCUT2D eigenvalue weighted by Gasteiger charge is 2.03. The van der Waals surface area contributed by atoms with Crippen molar-refractivity contribution in [2.75, 3.05) is 0 Å². The van der Waals surface area contributed by atoms with Gasteiger partial charge in [-0.15, -0.1) is 0 Å². The Morgan fingerprint density at radius 1 is 1.22 bits per heavy atom. The third kappa shape index (κ3) is 2.09. The second-order valence-corrected chi connectivity index (χ2v) is 4.33. The van der Waals surface area contributed by atoms with Crippen LogP contribution in [0, 0.1) is 6.92 Å². The predicted octanol–water partition coefficient (Wildman–Crippen LogP) is 2.22. The zero-order valence-corrected chi connectivity index (χ0v) is 10.2. The van der Waals surface area contributed by atoms with Crippen LogP contribution in [0.5, 0.6) is 0 Å². The molecule has 3 rings (SSSR count). The first kappa shape index (κ1) is 10.9. The van der Waals surface area contributed by atoms with Gasteiger partial charge in [0.25, 0.3) is 0 Å². The highest BCUT2D eigenvalue weighted by Crippen LogP contribution is 2.09. The van der Waals surface area contributed by atoms with Gasteiger partial charge in [0.05, 0.1) is 5.69 Å². The topological polar surface area (TPSA) is 43.1 Å². The molecule has 4 nitrogen and oxygen atoms in total. The Balaban J connectivity index is 1.79. The number of aromatic nitrogens is 4. The number of pyridine rings is 1. The summed E-state index contributed by atoms with van der Waals surface area (Å²) in [5.41, 5.74) is 4.33. The van der Waals surface area contributed by atoms with Crippen molar-refractivity contribution in [2.24, 2.45) is 0 Å². The van der Waals surface area contributed by atoms with Gasteiger partial charge in [-0.3, -0.25) is 0 Å². The first-order valence-electron chi connectivity index (χ1n) is 6.01. The average Bonchev–Trinajstić information content (AvgIpc) is 2.80. The van der Waals surface area contributed by atoms with Crippen LogP contribution in [-0.4, -0.2) is 19.4 Å². The van der Waals surface area contributed by atoms with Gasteiger partial charge < -0.3 is 4.40 Å². The second kappa shape index (κ2) is 4.56. The van der Waals surface area contributed by atoms with E-state index in [0.717, 1.165) is 29.9 Å². The maximum Gasteiger partial charge on any atom is 0.136 e. The molecule has 0 amide bonds. The van der Waals surface area contributed by atoms with E-state index in [1.54, 1.807) is 6.33 Å². The molecule has 3 aromatic heterocycles. The fraction of sp³-hybridized carbons (Fsp3) is 0.214. The molecule has 3 aromatic rings. The van der Waals surface area contributed by atoms with E-state index in [-0.39, 0.29) is 0 Å². The van der Waals surface area contributed by atoms with E-state index in [1.165, 1.54) is 5.56 Å². The predicted molar refractivity (Wildman–Crippen MR) is 69.4 cm³/mol. The molecule has 0 aliphatic heterocycles. The minimum absolute atomic E-state index is 0.913. The van der Waals surface area contributed by atoms with Crippen molar-refractivity contribution in [1.29, 1.82) is 0 Å². The van der Waals surface area contributed by atoms with Crippen LogP contribution in [0.25, 0.3) is 5.65 Å². The van der Waals surface area contributed by atoms with Gasteiger partial charge in [0.15, 0.2) is 0 Å². The third-order valence-corrected chi connectivity index (χ3v) is 3.08. The maximum atomic E-state index is 4.58. The van der Waals surface area contributed by atoms with Gasteiger partial charge >= 0.3 is 0 Å². The Kier molecular flexibility index (Phi) is 2.76. The van der Waals surface area contributed by atoms with Crippen molar-refractivity contribution in [3.63, 3.8) is 0 Å². The molecule has 3 heterocycles. The van der Waals surface area contributed by atoms with Crippen molar-refractivity contribution in [2.45, 2.75) is 19.8 Å². The lowest BCUT2D eigenvalue weighted by Crippen LogP contribution is -1.97. The van der Waals surface area contributed by atoms with Gasteiger partial charge in [-0.2, -0.15) is 0 Å². The zero-order chi connectivity index (χ0) is 12.4. The molecule has 0 unspecified atom stereocenters. The Bertz CT molecular complexity index is 639. The summed E-state index contributed by atoms with van der Waals surface area (Å²) in [7, 11) is 0. The maximum absolute atomic E-state index is 4.58. The molecular weight excluding hydrogens is 224 g/mol. The minimum Gasteiger partial charge on any atom is -0.307 e. The van der Waals surface area contributed by atoms with E-state index in [1.807, 2.05) is 41.9 Å². The lowest BCUT2D eigenvalue weighted by molar-refractivity contribution is 0.889. The first-order valence-corrected chi connectivity index (χ1v) is 6.01. The standard InChI is InChI=1S/C14H14N4/c1-11-12(8-15-10-16-11)5-6-13-9-18-7-3-2-4-14(18)17-13/h2-4,7-10H,5-6H2,1H3. The van der Waals surface area contributed by atoms with Crippen molar-refractivity contribution in [1.82, 2.24) is 19.4 Å². The van der Waals surface area contributed by atoms with E-state index in [4.69, 9.17) is 0 Å². The van der Waals surface area contributed by atoms with Gasteiger partial charge in [-0.25, -0.2) is 15.0 Å². The molecule has 0 aromatic carbocycles. The molecule has 0 atom stereocenters. The van der Waals surface area contributed by atoms with E-state index in [0.29, 0.717) is 0 Å². The van der Waals surface area contributed by atoms with E-state index >= 15 is 0 Å². The quantitative estimate of drug-likeness (QED) is 0.702. The SMILES string of the molecule is Cc1ncncc1CCc1cn2ccccc2n1. The summed E-state index contributed by atoms with van der Waals surface area (Å²) in [4.78, 5) is 12.8. The summed E-state index contributed by atoms with van der Waals surface area (Å²) in [6, 6.07) is 6.02. The number of hydrogen-bond donors (Lipinski definition) is 0. The number of hydrogen-bond acceptors (Lipinski definition) is 3. The Morgan fingerprint density at radius 3 is 3.00 bits per heavy atom. The molecule has 0 aliphatic carbocycles. The molecular formula is C14H14N4. The molecule has 0 radical (unpaired) electrons. The molecule has 0 bridgehead atoms. The second-order valence-electron chi connectivity index (χ2n) is 4.33. The molecule has 0 spiro atoms. The van der Waals surface area contributed by atoms with E-state index < -0.39 is 0 Å². The van der Waals surface area contributed by atoms with Crippen LogP contribution in [0.15, 0.2) is 43.1 Å². The van der Waals surface area contributed by atoms with Crippen LogP contribution >= 0.6 is 0 Å². The molecule has 0 fully saturated rings. The molecule has 0 saturated carbocycles. The molecule has 90 valence electrons. The summed E-state index contributed by atoms with van der Waals surface area (Å²) >= 11 is 0. The van der Waals surface area contributed by atoms with Gasteiger partial charge in [0, 0.05) is 24.3 Å². The Morgan fingerprint density at radius 2 is 2.17 bits per heavy atom. The molecule has 18 heavy (non-hydrogen) atoms. The van der Waals surface area contributed by atoms with Crippen molar-refractivity contribution in [3.05, 3.63) is 60.1 Å². The third-order valence-electron chi connectivity index (χ3n) is 3.08. The normalized spacial score (nSPS) is 10.9. The Hall–Kier alpha value is -2.23. The lowest BCUT2D eigenvalue weighted by atomic mass is 10.1. The molecule has 4 heteroatoms. The van der Waals surface area contributed by atoms with Crippen molar-refractivity contribution < 1.29 is 0 Å². The highest BCUT2D eigenvalue weighted by atomic mass is 15.0. The van der Waals surface area contributed by atoms with Crippen LogP contribution in [-0.2, 0) is 12.8 Å². The molecule has 0 saturated heterocycles. The average molecular weight is 238 g/mol. The Labute approximate surface area is 105 Å². The van der Waals surface area contributed by atoms with Crippen LogP contribution in [0.3, 0.4) is 0 Å². The fourth-order valence-corrected chi connectivity index (χ4v) is 2.04. The van der Waals surface area contributed by atoms with E-state index in [9.17, 15) is 0 Å². The van der Waals surface area contributed by atoms with Crippen LogP contribution in [0.2, 0.25) is 0 Å². The lowest BCUT2D eigenvalue weighted by Gasteiger charge is -2.01. The molecule has 0 N–H and O–H groups in total. The van der Waals surface area contributed by atoms with Crippen LogP contribution in [0.4, 0.5) is 0 Å². The van der Waals surface area contributed by atoms with Gasteiger partial charge in [0.1, 0.15) is 12.0 Å². The smallest absolute Gasteiger partial charge is 0.136 e. The summed E-state index contributed by atoms with van der Waals surface area (Å²) in [5, 5.41) is 0. The van der Waals surface area contributed by atoms with Gasteiger partial charge in [0.2, 0.25) is 0 Å². The number of fused-ring (bicyclic) bond motifs is 1. The molecule has 0 aliphatic rings. The number of nitrogens with zero attached hydrogens (tertiary/aromatic N) is 4. The summed E-state index contributed by atoms with van der Waals surface area (Å²) in [6.45, 7) is 2.01. The van der Waals surface area contributed by atoms with Crippen molar-refractivity contribution in [3.8, 4) is 0 Å². The zero-order valence-electron chi connectivity index (χ0n) is 10.2. The number of imidazole rings is 1. The first-order chi connectivity index (χ1) is 8.83. The van der Waals surface area contributed by atoms with Gasteiger partial charge in [-0.1, -0.05) is 6.07 Å². The summed E-state index contributed by atoms with van der Waals surface area (Å²) in [6.07, 6.45) is 9.41. The van der Waals surface area contributed by atoms with Crippen LogP contribution < -0.4 is 0 Å². The highest BCUT2D eigenvalue weighted by molar-refractivity contribution is 5.39. The van der Waals surface area contributed by atoms with Gasteiger partial charge in [-0.05, 0) is 37.5 Å². The van der Waals surface area contributed by atoms with Crippen molar-refractivity contribution >= 4 is 5.65 Å². The largest absolute Gasteiger partial charge is 0.307 e.